The molecule has 5 atom stereocenters. The van der Waals surface area contributed by atoms with Crippen molar-refractivity contribution in [3.8, 4) is 27.9 Å². The highest BCUT2D eigenvalue weighted by atomic mass is 15.1. The smallest absolute Gasteiger partial charge is 0.0541 e. The highest BCUT2D eigenvalue weighted by Gasteiger charge is 2.80. The molecule has 1 unspecified atom stereocenters. The molecule has 2 heteroatoms. The molecule has 0 N–H and O–H groups in total. The molecule has 7 aromatic carbocycles. The van der Waals surface area contributed by atoms with Crippen LogP contribution in [0.2, 0.25) is 0 Å². The molecule has 0 radical (unpaired) electrons. The number of aromatic nitrogens is 1. The molecule has 1 spiro atoms. The third-order valence-electron chi connectivity index (χ3n) is 16.0. The molecule has 1 heterocycles. The van der Waals surface area contributed by atoms with Crippen LogP contribution in [0.15, 0.2) is 164 Å². The number of nitrogens with zero attached hydrogens (tertiary/aromatic N) is 2. The molecule has 5 aliphatic rings. The lowest BCUT2D eigenvalue weighted by molar-refractivity contribution is -0.198. The second-order valence-electron chi connectivity index (χ2n) is 18.7. The Labute approximate surface area is 335 Å². The first-order valence-electron chi connectivity index (χ1n) is 21.3. The van der Waals surface area contributed by atoms with E-state index in [1.54, 1.807) is 5.56 Å². The van der Waals surface area contributed by atoms with Crippen molar-refractivity contribution in [3.05, 3.63) is 180 Å². The lowest BCUT2D eigenvalue weighted by Gasteiger charge is -2.73. The Kier molecular flexibility index (Phi) is 6.32. The van der Waals surface area contributed by atoms with Crippen molar-refractivity contribution in [2.75, 3.05) is 4.90 Å². The molecule has 276 valence electrons. The first-order valence-corrected chi connectivity index (χ1v) is 21.3. The van der Waals surface area contributed by atoms with Crippen LogP contribution in [0, 0.1) is 23.2 Å². The summed E-state index contributed by atoms with van der Waals surface area (Å²) in [5, 5.41) is 2.57. The van der Waals surface area contributed by atoms with Crippen molar-refractivity contribution in [2.45, 2.75) is 56.8 Å². The van der Waals surface area contributed by atoms with Gasteiger partial charge in [0.15, 0.2) is 0 Å². The van der Waals surface area contributed by atoms with Crippen LogP contribution in [0.5, 0.6) is 0 Å². The lowest BCUT2D eigenvalue weighted by Crippen LogP contribution is -2.68. The van der Waals surface area contributed by atoms with Gasteiger partial charge in [0.1, 0.15) is 0 Å². The van der Waals surface area contributed by atoms with Crippen molar-refractivity contribution < 1.29 is 0 Å². The van der Waals surface area contributed by atoms with Crippen molar-refractivity contribution in [2.24, 2.45) is 23.2 Å². The second-order valence-corrected chi connectivity index (χ2v) is 18.7. The van der Waals surface area contributed by atoms with E-state index >= 15 is 0 Å². The summed E-state index contributed by atoms with van der Waals surface area (Å²) in [6.07, 6.45) is 7.15. The van der Waals surface area contributed by atoms with Gasteiger partial charge in [0.25, 0.3) is 0 Å². The Bertz CT molecular complexity index is 2910. The summed E-state index contributed by atoms with van der Waals surface area (Å²) >= 11 is 0. The fourth-order valence-corrected chi connectivity index (χ4v) is 13.9. The van der Waals surface area contributed by atoms with Crippen molar-refractivity contribution in [1.82, 2.24) is 4.57 Å². The molecule has 4 saturated carbocycles. The van der Waals surface area contributed by atoms with Crippen molar-refractivity contribution >= 4 is 38.9 Å². The van der Waals surface area contributed by atoms with Gasteiger partial charge in [0.05, 0.1) is 16.7 Å². The van der Waals surface area contributed by atoms with E-state index in [0.717, 1.165) is 17.8 Å². The van der Waals surface area contributed by atoms with Crippen LogP contribution >= 0.6 is 0 Å². The standard InChI is InChI=1S/C55H46N2/c1-53(2)46-17-7-3-14-42(46)43-28-27-40(31-48(43)53)56(52-22-12-8-18-47(52)54-32-35-29-37-30-38(34-54)55(37,54)33-35)39-25-23-36(24-26-39)41-13-4-9-19-49(41)57-50-20-10-5-15-44(50)45-16-6-11-21-51(45)57/h3-28,31,35,37-38H,29-30,32-34H2,1-2H3/t35-,37-,38?,54-,55+/m1/s1. The second kappa shape index (κ2) is 11.2. The van der Waals surface area contributed by atoms with Gasteiger partial charge in [-0.3, -0.25) is 0 Å². The van der Waals surface area contributed by atoms with Crippen molar-refractivity contribution in [1.29, 1.82) is 0 Å². The molecule has 5 aliphatic carbocycles. The minimum Gasteiger partial charge on any atom is -0.310 e. The van der Waals surface area contributed by atoms with Gasteiger partial charge >= 0.3 is 0 Å². The molecule has 57 heavy (non-hydrogen) atoms. The average Bonchev–Trinajstić information content (AvgIpc) is 3.94. The summed E-state index contributed by atoms with van der Waals surface area (Å²) < 4.78 is 2.45. The van der Waals surface area contributed by atoms with E-state index in [0.29, 0.717) is 10.8 Å². The van der Waals surface area contributed by atoms with Gasteiger partial charge in [0, 0.05) is 44.2 Å². The fourth-order valence-electron chi connectivity index (χ4n) is 13.9. The van der Waals surface area contributed by atoms with E-state index in [1.807, 2.05) is 0 Å². The zero-order chi connectivity index (χ0) is 37.7. The summed E-state index contributed by atoms with van der Waals surface area (Å²) in [6.45, 7) is 4.81. The fraction of sp³-hybridized carbons (Fsp3) is 0.236. The molecule has 2 nitrogen and oxygen atoms in total. The molecular weight excluding hydrogens is 689 g/mol. The molecule has 0 saturated heterocycles. The highest BCUT2D eigenvalue weighted by Crippen LogP contribution is 2.87. The Morgan fingerprint density at radius 3 is 1.89 bits per heavy atom. The SMILES string of the molecule is CC1(C)c2ccccc2-c2ccc(N(c3ccc(-c4ccccc4-n4c5ccccc5c5ccccc54)cc3)c3ccccc3[C@]34CC5C[C@H]6C[C@H](C3)C[C@@]564)cc21. The van der Waals surface area contributed by atoms with Gasteiger partial charge in [-0.15, -0.1) is 0 Å². The number of benzene rings is 7. The number of para-hydroxylation sites is 4. The van der Waals surface area contributed by atoms with Gasteiger partial charge < -0.3 is 9.47 Å². The molecular formula is C55H46N2. The molecule has 13 rings (SSSR count). The molecule has 4 fully saturated rings. The summed E-state index contributed by atoms with van der Waals surface area (Å²) in [5.74, 6) is 2.77. The maximum absolute atomic E-state index is 2.62. The number of rotatable bonds is 6. The molecule has 0 amide bonds. The summed E-state index contributed by atoms with van der Waals surface area (Å²) in [7, 11) is 0. The maximum atomic E-state index is 2.62. The van der Waals surface area contributed by atoms with Gasteiger partial charge in [-0.25, -0.2) is 0 Å². The molecule has 8 aromatic rings. The number of hydrogen-bond donors (Lipinski definition) is 0. The topological polar surface area (TPSA) is 8.17 Å². The minimum absolute atomic E-state index is 0.0733. The summed E-state index contributed by atoms with van der Waals surface area (Å²) in [4.78, 5) is 2.62. The van der Waals surface area contributed by atoms with E-state index in [9.17, 15) is 0 Å². The third kappa shape index (κ3) is 4.01. The average molecular weight is 735 g/mol. The quantitative estimate of drug-likeness (QED) is 0.165. The van der Waals surface area contributed by atoms with Crippen LogP contribution in [0.1, 0.15) is 62.6 Å². The van der Waals surface area contributed by atoms with E-state index in [4.69, 9.17) is 0 Å². The Morgan fingerprint density at radius 2 is 1.14 bits per heavy atom. The Balaban J connectivity index is 0.976. The first kappa shape index (κ1) is 32.2. The van der Waals surface area contributed by atoms with Crippen LogP contribution in [0.3, 0.4) is 0 Å². The summed E-state index contributed by atoms with van der Waals surface area (Å²) in [5.41, 5.74) is 17.9. The van der Waals surface area contributed by atoms with E-state index < -0.39 is 0 Å². The number of fused-ring (bicyclic) bond motifs is 7. The third-order valence-corrected chi connectivity index (χ3v) is 16.0. The van der Waals surface area contributed by atoms with E-state index in [1.165, 1.54) is 110 Å². The summed E-state index contributed by atoms with van der Waals surface area (Å²) in [6, 6.07) is 62.0. The first-order chi connectivity index (χ1) is 28.0. The van der Waals surface area contributed by atoms with E-state index in [2.05, 4.69) is 187 Å². The van der Waals surface area contributed by atoms with Crippen LogP contribution in [0.25, 0.3) is 49.7 Å². The normalized spacial score (nSPS) is 25.5. The Morgan fingerprint density at radius 1 is 0.509 bits per heavy atom. The van der Waals surface area contributed by atoms with E-state index in [-0.39, 0.29) is 5.41 Å². The van der Waals surface area contributed by atoms with Gasteiger partial charge in [-0.2, -0.15) is 0 Å². The molecule has 0 aliphatic heterocycles. The van der Waals surface area contributed by atoms with Crippen LogP contribution < -0.4 is 4.90 Å². The predicted molar refractivity (Wildman–Crippen MR) is 236 cm³/mol. The molecule has 2 bridgehead atoms. The Hall–Kier alpha value is -5.86. The van der Waals surface area contributed by atoms with Crippen LogP contribution in [0.4, 0.5) is 17.1 Å². The number of hydrogen-bond acceptors (Lipinski definition) is 1. The highest BCUT2D eigenvalue weighted by molar-refractivity contribution is 6.09. The van der Waals surface area contributed by atoms with Crippen LogP contribution in [-0.2, 0) is 10.8 Å². The number of anilines is 3. The lowest BCUT2D eigenvalue weighted by atomic mass is 9.30. The van der Waals surface area contributed by atoms with Gasteiger partial charge in [-0.05, 0) is 137 Å². The zero-order valence-corrected chi connectivity index (χ0v) is 32.8. The minimum atomic E-state index is -0.0733. The largest absolute Gasteiger partial charge is 0.310 e. The molecule has 1 aromatic heterocycles. The van der Waals surface area contributed by atoms with Gasteiger partial charge in [0.2, 0.25) is 0 Å². The van der Waals surface area contributed by atoms with Crippen molar-refractivity contribution in [3.63, 3.8) is 0 Å². The zero-order valence-electron chi connectivity index (χ0n) is 32.8. The predicted octanol–water partition coefficient (Wildman–Crippen LogP) is 14.3. The monoisotopic (exact) mass is 734 g/mol. The maximum Gasteiger partial charge on any atom is 0.0541 e. The van der Waals surface area contributed by atoms with Crippen LogP contribution in [-0.4, -0.2) is 4.57 Å². The van der Waals surface area contributed by atoms with Gasteiger partial charge in [-0.1, -0.05) is 129 Å².